The molecular formula is C12H11N3O3. The van der Waals surface area contributed by atoms with Crippen molar-refractivity contribution in [3.8, 4) is 6.07 Å². The number of rotatable bonds is 2. The van der Waals surface area contributed by atoms with Crippen molar-refractivity contribution in [3.63, 3.8) is 0 Å². The molecule has 0 radical (unpaired) electrons. The van der Waals surface area contributed by atoms with Gasteiger partial charge >= 0.3 is 5.97 Å². The topological polar surface area (TPSA) is 83.3 Å². The van der Waals surface area contributed by atoms with Gasteiger partial charge in [0.15, 0.2) is 0 Å². The van der Waals surface area contributed by atoms with Gasteiger partial charge in [-0.3, -0.25) is 14.5 Å². The fourth-order valence-electron chi connectivity index (χ4n) is 1.89. The van der Waals surface area contributed by atoms with Crippen molar-refractivity contribution >= 4 is 17.7 Å². The van der Waals surface area contributed by atoms with Crippen LogP contribution in [0.2, 0.25) is 0 Å². The van der Waals surface area contributed by atoms with E-state index < -0.39 is 11.9 Å². The number of amides is 1. The van der Waals surface area contributed by atoms with E-state index in [0.29, 0.717) is 5.82 Å². The molecule has 1 aliphatic heterocycles. The molecule has 0 N–H and O–H groups in total. The molecule has 0 aromatic carbocycles. The molecule has 18 heavy (non-hydrogen) atoms. The second-order valence-corrected chi connectivity index (χ2v) is 3.92. The third-order valence-corrected chi connectivity index (χ3v) is 2.79. The van der Waals surface area contributed by atoms with Crippen LogP contribution in [0.3, 0.4) is 0 Å². The Kier molecular flexibility index (Phi) is 3.24. The van der Waals surface area contributed by atoms with Gasteiger partial charge in [0, 0.05) is 13.0 Å². The maximum atomic E-state index is 11.8. The molecule has 1 saturated heterocycles. The maximum Gasteiger partial charge on any atom is 0.311 e. The zero-order chi connectivity index (χ0) is 13.1. The van der Waals surface area contributed by atoms with E-state index in [2.05, 4.69) is 9.72 Å². The van der Waals surface area contributed by atoms with E-state index in [4.69, 9.17) is 5.26 Å². The van der Waals surface area contributed by atoms with E-state index in [-0.39, 0.29) is 24.6 Å². The molecule has 0 spiro atoms. The van der Waals surface area contributed by atoms with Crippen molar-refractivity contribution in [2.45, 2.75) is 6.42 Å². The Morgan fingerprint density at radius 3 is 3.06 bits per heavy atom. The summed E-state index contributed by atoms with van der Waals surface area (Å²) in [6.07, 6.45) is 0.116. The summed E-state index contributed by atoms with van der Waals surface area (Å²) in [5.41, 5.74) is 0.238. The number of carbonyl (C=O) groups excluding carboxylic acids is 2. The minimum Gasteiger partial charge on any atom is -0.469 e. The highest BCUT2D eigenvalue weighted by Gasteiger charge is 2.36. The van der Waals surface area contributed by atoms with Gasteiger partial charge in [-0.15, -0.1) is 0 Å². The lowest BCUT2D eigenvalue weighted by Gasteiger charge is -2.14. The molecule has 1 fully saturated rings. The fraction of sp³-hybridized carbons (Fsp3) is 0.333. The fourth-order valence-corrected chi connectivity index (χ4v) is 1.89. The first-order valence-corrected chi connectivity index (χ1v) is 5.41. The number of nitrogens with zero attached hydrogens (tertiary/aromatic N) is 3. The standard InChI is InChI=1S/C12H11N3O3/c1-18-12(17)8-5-11(16)15(7-8)10-4-2-3-9(6-13)14-10/h2-4,8H,5,7H2,1H3. The van der Waals surface area contributed by atoms with Crippen LogP contribution in [0.15, 0.2) is 18.2 Å². The molecule has 1 unspecified atom stereocenters. The molecule has 92 valence electrons. The molecular weight excluding hydrogens is 234 g/mol. The molecule has 2 rings (SSSR count). The number of anilines is 1. The molecule has 0 aliphatic carbocycles. The van der Waals surface area contributed by atoms with E-state index in [1.54, 1.807) is 18.2 Å². The van der Waals surface area contributed by atoms with Crippen molar-refractivity contribution < 1.29 is 14.3 Å². The van der Waals surface area contributed by atoms with Gasteiger partial charge in [0.1, 0.15) is 17.6 Å². The molecule has 1 aromatic rings. The number of hydrogen-bond donors (Lipinski definition) is 0. The smallest absolute Gasteiger partial charge is 0.311 e. The lowest BCUT2D eigenvalue weighted by Crippen LogP contribution is -2.27. The zero-order valence-corrected chi connectivity index (χ0v) is 9.79. The average molecular weight is 245 g/mol. The van der Waals surface area contributed by atoms with Crippen molar-refractivity contribution in [3.05, 3.63) is 23.9 Å². The summed E-state index contributed by atoms with van der Waals surface area (Å²) < 4.78 is 4.62. The Morgan fingerprint density at radius 2 is 2.39 bits per heavy atom. The number of hydrogen-bond acceptors (Lipinski definition) is 5. The van der Waals surface area contributed by atoms with Gasteiger partial charge < -0.3 is 4.74 Å². The highest BCUT2D eigenvalue weighted by molar-refractivity contribution is 5.98. The first kappa shape index (κ1) is 12.0. The predicted octanol–water partition coefficient (Wildman–Crippen LogP) is 0.479. The first-order chi connectivity index (χ1) is 8.65. The summed E-state index contributed by atoms with van der Waals surface area (Å²) in [6, 6.07) is 6.76. The molecule has 2 heterocycles. The van der Waals surface area contributed by atoms with Crippen LogP contribution in [-0.4, -0.2) is 30.5 Å². The Balaban J connectivity index is 2.22. The van der Waals surface area contributed by atoms with E-state index in [1.165, 1.54) is 12.0 Å². The van der Waals surface area contributed by atoms with E-state index in [1.807, 2.05) is 6.07 Å². The molecule has 0 bridgehead atoms. The molecule has 6 heteroatoms. The molecule has 1 atom stereocenters. The summed E-state index contributed by atoms with van der Waals surface area (Å²) in [7, 11) is 1.30. The number of pyridine rings is 1. The van der Waals surface area contributed by atoms with Gasteiger partial charge in [-0.1, -0.05) is 6.07 Å². The Labute approximate surface area is 104 Å². The third kappa shape index (κ3) is 2.15. The van der Waals surface area contributed by atoms with Crippen LogP contribution < -0.4 is 4.90 Å². The van der Waals surface area contributed by atoms with E-state index in [9.17, 15) is 9.59 Å². The predicted molar refractivity (Wildman–Crippen MR) is 61.4 cm³/mol. The Bertz CT molecular complexity index is 536. The lowest BCUT2D eigenvalue weighted by atomic mass is 10.1. The number of ether oxygens (including phenoxy) is 1. The van der Waals surface area contributed by atoms with E-state index >= 15 is 0 Å². The van der Waals surface area contributed by atoms with Gasteiger partial charge in [0.2, 0.25) is 5.91 Å². The summed E-state index contributed by atoms with van der Waals surface area (Å²) >= 11 is 0. The SMILES string of the molecule is COC(=O)C1CC(=O)N(c2cccc(C#N)n2)C1. The number of aromatic nitrogens is 1. The van der Waals surface area contributed by atoms with Gasteiger partial charge in [0.25, 0.3) is 0 Å². The van der Waals surface area contributed by atoms with Crippen LogP contribution in [-0.2, 0) is 14.3 Å². The molecule has 6 nitrogen and oxygen atoms in total. The second kappa shape index (κ2) is 4.84. The van der Waals surface area contributed by atoms with Crippen LogP contribution in [0.25, 0.3) is 0 Å². The maximum absolute atomic E-state index is 11.8. The van der Waals surface area contributed by atoms with Crippen molar-refractivity contribution in [2.24, 2.45) is 5.92 Å². The quantitative estimate of drug-likeness (QED) is 0.707. The van der Waals surface area contributed by atoms with Crippen molar-refractivity contribution in [2.75, 3.05) is 18.6 Å². The summed E-state index contributed by atoms with van der Waals surface area (Å²) in [5, 5.41) is 8.76. The van der Waals surface area contributed by atoms with Gasteiger partial charge in [0.05, 0.1) is 13.0 Å². The van der Waals surface area contributed by atoms with Crippen molar-refractivity contribution in [1.29, 1.82) is 5.26 Å². The number of carbonyl (C=O) groups is 2. The van der Waals surface area contributed by atoms with E-state index in [0.717, 1.165) is 0 Å². The zero-order valence-electron chi connectivity index (χ0n) is 9.79. The van der Waals surface area contributed by atoms with Crippen LogP contribution in [0.5, 0.6) is 0 Å². The molecule has 1 aromatic heterocycles. The highest BCUT2D eigenvalue weighted by atomic mass is 16.5. The monoisotopic (exact) mass is 245 g/mol. The van der Waals surface area contributed by atoms with Crippen LogP contribution >= 0.6 is 0 Å². The summed E-state index contributed by atoms with van der Waals surface area (Å²) in [5.74, 6) is -0.657. The minimum atomic E-state index is -0.463. The largest absolute Gasteiger partial charge is 0.469 e. The van der Waals surface area contributed by atoms with Crippen LogP contribution in [0.1, 0.15) is 12.1 Å². The van der Waals surface area contributed by atoms with Gasteiger partial charge in [-0.05, 0) is 12.1 Å². The lowest BCUT2D eigenvalue weighted by molar-refractivity contribution is -0.145. The Morgan fingerprint density at radius 1 is 1.61 bits per heavy atom. The van der Waals surface area contributed by atoms with Gasteiger partial charge in [-0.2, -0.15) is 5.26 Å². The van der Waals surface area contributed by atoms with Crippen LogP contribution in [0, 0.1) is 17.2 Å². The van der Waals surface area contributed by atoms with Crippen LogP contribution in [0.4, 0.5) is 5.82 Å². The minimum absolute atomic E-state index is 0.116. The highest BCUT2D eigenvalue weighted by Crippen LogP contribution is 2.24. The third-order valence-electron chi connectivity index (χ3n) is 2.79. The Hall–Kier alpha value is -2.42. The summed E-state index contributed by atoms with van der Waals surface area (Å²) in [4.78, 5) is 28.6. The average Bonchev–Trinajstić information content (AvgIpc) is 2.80. The number of esters is 1. The molecule has 1 aliphatic rings. The first-order valence-electron chi connectivity index (χ1n) is 5.41. The second-order valence-electron chi connectivity index (χ2n) is 3.92. The molecule has 1 amide bonds. The van der Waals surface area contributed by atoms with Gasteiger partial charge in [-0.25, -0.2) is 4.98 Å². The van der Waals surface area contributed by atoms with Crippen molar-refractivity contribution in [1.82, 2.24) is 4.98 Å². The summed E-state index contributed by atoms with van der Waals surface area (Å²) in [6.45, 7) is 0.243. The number of nitriles is 1. The number of methoxy groups -OCH3 is 1. The normalized spacial score (nSPS) is 18.6. The molecule has 0 saturated carbocycles.